The molecule has 1 aliphatic heterocycles. The molecule has 0 radical (unpaired) electrons. The average molecular weight is 350 g/mol. The second-order valence-electron chi connectivity index (χ2n) is 4.69. The van der Waals surface area contributed by atoms with E-state index in [9.17, 15) is 17.1 Å². The molecule has 0 N–H and O–H groups in total. The number of nitrogens with zero attached hydrogens (tertiary/aromatic N) is 1. The highest BCUT2D eigenvalue weighted by Gasteiger charge is 2.39. The summed E-state index contributed by atoms with van der Waals surface area (Å²) in [4.78, 5) is 13.2. The van der Waals surface area contributed by atoms with Crippen LogP contribution in [0, 0.1) is 13.8 Å². The lowest BCUT2D eigenvalue weighted by Gasteiger charge is -2.20. The number of carbonyl (C=O) groups excluding carboxylic acids is 1. The molecule has 0 saturated carbocycles. The number of hydrogen-bond acceptors (Lipinski definition) is 3. The van der Waals surface area contributed by atoms with Gasteiger partial charge in [-0.2, -0.15) is 8.42 Å². The maximum Gasteiger partial charge on any atom is 0.307 e. The number of hydrogen-bond donors (Lipinski definition) is 0. The summed E-state index contributed by atoms with van der Waals surface area (Å²) < 4.78 is 35.7. The van der Waals surface area contributed by atoms with Gasteiger partial charge in [-0.25, -0.2) is 0 Å². The molecule has 0 aliphatic carbocycles. The lowest BCUT2D eigenvalue weighted by atomic mass is 10.1. The van der Waals surface area contributed by atoms with Crippen LogP contribution in [0.5, 0.6) is 0 Å². The Hall–Kier alpha value is -0.950. The monoisotopic (exact) mass is 349 g/mol. The lowest BCUT2D eigenvalue weighted by molar-refractivity contribution is -0.117. The van der Waals surface area contributed by atoms with Crippen LogP contribution in [-0.4, -0.2) is 26.1 Å². The molecule has 0 spiro atoms. The van der Waals surface area contributed by atoms with Gasteiger partial charge in [0.05, 0.1) is 0 Å². The molecule has 1 atom stereocenters. The zero-order valence-electron chi connectivity index (χ0n) is 10.5. The third kappa shape index (κ3) is 2.81. The van der Waals surface area contributed by atoms with E-state index in [0.29, 0.717) is 5.69 Å². The smallest absolute Gasteiger partial charge is 0.307 e. The summed E-state index contributed by atoms with van der Waals surface area (Å²) in [7, 11) is -4.68. The Morgan fingerprint density at radius 3 is 2.47 bits per heavy atom. The molecule has 1 heterocycles. The third-order valence-corrected chi connectivity index (χ3v) is 5.22. The molecular weight excluding hydrogens is 337 g/mol. The van der Waals surface area contributed by atoms with Crippen LogP contribution in [0.2, 0.25) is 0 Å². The number of anilines is 1. The fourth-order valence-corrected chi connectivity index (χ4v) is 3.28. The van der Waals surface area contributed by atoms with E-state index in [0.717, 1.165) is 15.6 Å². The minimum atomic E-state index is -4.68. The van der Waals surface area contributed by atoms with Crippen molar-refractivity contribution in [1.29, 1.82) is 0 Å². The highest BCUT2D eigenvalue weighted by Crippen LogP contribution is 2.31. The number of rotatable bonds is 2. The summed E-state index contributed by atoms with van der Waals surface area (Å²) >= 11 is 3.39. The fraction of sp³-hybridized carbons (Fsp3) is 0.417. The highest BCUT2D eigenvalue weighted by molar-refractivity contribution is 9.10. The summed E-state index contributed by atoms with van der Waals surface area (Å²) in [5.74, 6) is -0.365. The van der Waals surface area contributed by atoms with Gasteiger partial charge in [-0.3, -0.25) is 4.79 Å². The molecule has 0 aromatic heterocycles. The van der Waals surface area contributed by atoms with Gasteiger partial charge in [0.2, 0.25) is 5.91 Å². The van der Waals surface area contributed by atoms with Crippen LogP contribution in [0.15, 0.2) is 16.6 Å². The number of carbonyl (C=O) groups is 1. The van der Waals surface area contributed by atoms with Gasteiger partial charge in [0.1, 0.15) is 5.25 Å². The van der Waals surface area contributed by atoms with Crippen LogP contribution in [0.1, 0.15) is 17.5 Å². The molecule has 1 aromatic carbocycles. The first-order valence-electron chi connectivity index (χ1n) is 5.70. The maximum atomic E-state index is 13.0. The van der Waals surface area contributed by atoms with Crippen LogP contribution in [0.3, 0.4) is 0 Å². The lowest BCUT2D eigenvalue weighted by Crippen LogP contribution is -2.27. The van der Waals surface area contributed by atoms with E-state index < -0.39 is 15.5 Å². The van der Waals surface area contributed by atoms with Crippen LogP contribution >= 0.6 is 15.9 Å². The molecule has 1 saturated heterocycles. The Morgan fingerprint density at radius 1 is 1.32 bits per heavy atom. The molecular formula is C12H13BrFNO3S. The van der Waals surface area contributed by atoms with Crippen LogP contribution < -0.4 is 4.90 Å². The molecule has 104 valence electrons. The molecule has 1 unspecified atom stereocenters. The first kappa shape index (κ1) is 14.5. The molecule has 1 aromatic rings. The van der Waals surface area contributed by atoms with Crippen molar-refractivity contribution in [2.75, 3.05) is 11.4 Å². The van der Waals surface area contributed by atoms with Crippen molar-refractivity contribution in [3.05, 3.63) is 27.7 Å². The van der Waals surface area contributed by atoms with Gasteiger partial charge in [0, 0.05) is 23.1 Å². The van der Waals surface area contributed by atoms with E-state index in [1.54, 1.807) is 6.07 Å². The maximum absolute atomic E-state index is 13.0. The summed E-state index contributed by atoms with van der Waals surface area (Å²) in [5, 5.41) is -1.26. The Morgan fingerprint density at radius 2 is 1.95 bits per heavy atom. The Bertz CT molecular complexity index is 645. The van der Waals surface area contributed by atoms with E-state index in [1.807, 2.05) is 19.9 Å². The number of benzene rings is 1. The quantitative estimate of drug-likeness (QED) is 0.770. The Balaban J connectivity index is 2.39. The van der Waals surface area contributed by atoms with E-state index in [1.165, 1.54) is 4.90 Å². The minimum Gasteiger partial charge on any atom is -0.311 e. The zero-order valence-corrected chi connectivity index (χ0v) is 12.9. The van der Waals surface area contributed by atoms with Gasteiger partial charge in [-0.1, -0.05) is 15.9 Å². The minimum absolute atomic E-state index is 0.125. The van der Waals surface area contributed by atoms with Gasteiger partial charge in [0.25, 0.3) is 0 Å². The molecule has 1 aliphatic rings. The van der Waals surface area contributed by atoms with Crippen LogP contribution in [-0.2, 0) is 15.0 Å². The van der Waals surface area contributed by atoms with Crippen molar-refractivity contribution in [3.63, 3.8) is 0 Å². The molecule has 19 heavy (non-hydrogen) atoms. The Labute approximate surface area is 119 Å². The summed E-state index contributed by atoms with van der Waals surface area (Å²) in [6.45, 7) is 3.57. The average Bonchev–Trinajstić information content (AvgIpc) is 2.65. The van der Waals surface area contributed by atoms with Gasteiger partial charge in [-0.05, 0) is 37.1 Å². The highest BCUT2D eigenvalue weighted by atomic mass is 79.9. The summed E-state index contributed by atoms with van der Waals surface area (Å²) in [6, 6.07) is 3.65. The standard InChI is InChI=1S/C12H13BrFNO3S/c1-7-4-11(8(2)3-10(7)13)15-6-9(5-12(15)16)19(14,17)18/h3-4,9H,5-6H2,1-2H3. The number of halogens is 2. The van der Waals surface area contributed by atoms with Crippen molar-refractivity contribution >= 4 is 37.7 Å². The van der Waals surface area contributed by atoms with Gasteiger partial charge >= 0.3 is 10.2 Å². The van der Waals surface area contributed by atoms with Crippen molar-refractivity contribution in [1.82, 2.24) is 0 Å². The molecule has 1 amide bonds. The molecule has 2 rings (SSSR count). The van der Waals surface area contributed by atoms with Crippen LogP contribution in [0.4, 0.5) is 9.57 Å². The van der Waals surface area contributed by atoms with Crippen molar-refractivity contribution < 1.29 is 17.1 Å². The van der Waals surface area contributed by atoms with Gasteiger partial charge < -0.3 is 4.90 Å². The van der Waals surface area contributed by atoms with Crippen molar-refractivity contribution in [3.8, 4) is 0 Å². The van der Waals surface area contributed by atoms with Gasteiger partial charge in [-0.15, -0.1) is 3.89 Å². The fourth-order valence-electron chi connectivity index (χ4n) is 2.15. The SMILES string of the molecule is Cc1cc(N2CC(S(=O)(=O)F)CC2=O)c(C)cc1Br. The predicted octanol–water partition coefficient (Wildman–Crippen LogP) is 2.47. The first-order chi connectivity index (χ1) is 8.70. The largest absolute Gasteiger partial charge is 0.311 e. The Kier molecular flexibility index (Phi) is 3.70. The molecule has 4 nitrogen and oxygen atoms in total. The van der Waals surface area contributed by atoms with Gasteiger partial charge in [0.15, 0.2) is 0 Å². The summed E-state index contributed by atoms with van der Waals surface area (Å²) in [6.07, 6.45) is -0.298. The van der Waals surface area contributed by atoms with E-state index in [-0.39, 0.29) is 18.9 Å². The number of amides is 1. The zero-order chi connectivity index (χ0) is 14.4. The van der Waals surface area contributed by atoms with E-state index >= 15 is 0 Å². The first-order valence-corrected chi connectivity index (χ1v) is 7.94. The second kappa shape index (κ2) is 4.86. The van der Waals surface area contributed by atoms with Crippen molar-refractivity contribution in [2.45, 2.75) is 25.5 Å². The van der Waals surface area contributed by atoms with Crippen molar-refractivity contribution in [2.24, 2.45) is 0 Å². The molecule has 7 heteroatoms. The topological polar surface area (TPSA) is 54.5 Å². The van der Waals surface area contributed by atoms with E-state index in [4.69, 9.17) is 0 Å². The second-order valence-corrected chi connectivity index (χ2v) is 7.17. The van der Waals surface area contributed by atoms with Crippen LogP contribution in [0.25, 0.3) is 0 Å². The summed E-state index contributed by atoms with van der Waals surface area (Å²) in [5.41, 5.74) is 2.40. The molecule has 1 fully saturated rings. The predicted molar refractivity (Wildman–Crippen MR) is 74.4 cm³/mol. The molecule has 0 bridgehead atoms. The normalized spacial score (nSPS) is 20.1. The van der Waals surface area contributed by atoms with E-state index in [2.05, 4.69) is 15.9 Å². The number of aryl methyl sites for hydroxylation is 2. The third-order valence-electron chi connectivity index (χ3n) is 3.26.